The van der Waals surface area contributed by atoms with Crippen LogP contribution in [-0.4, -0.2) is 47.9 Å². The van der Waals surface area contributed by atoms with Crippen molar-refractivity contribution in [2.24, 2.45) is 0 Å². The molecule has 0 bridgehead atoms. The number of hydrogen-bond donors (Lipinski definition) is 0. The first-order valence-corrected chi connectivity index (χ1v) is 9.07. The number of hydrogen-bond acceptors (Lipinski definition) is 5. The molecule has 0 spiro atoms. The van der Waals surface area contributed by atoms with E-state index in [0.29, 0.717) is 23.6 Å². The molecule has 0 aliphatic carbocycles. The van der Waals surface area contributed by atoms with Crippen molar-refractivity contribution < 1.29 is 18.6 Å². The molecule has 1 fully saturated rings. The second kappa shape index (κ2) is 6.07. The lowest BCUT2D eigenvalue weighted by atomic mass is 9.78. The Morgan fingerprint density at radius 1 is 1.11 bits per heavy atom. The van der Waals surface area contributed by atoms with E-state index in [4.69, 9.17) is 13.8 Å². The molecule has 0 N–H and O–H groups in total. The number of carbonyl (C=O) groups excluding carboxylic acids is 1. The van der Waals surface area contributed by atoms with Crippen molar-refractivity contribution in [3.05, 3.63) is 42.2 Å². The molecular formula is C20H23BN2O4. The van der Waals surface area contributed by atoms with Crippen LogP contribution in [0, 0.1) is 0 Å². The van der Waals surface area contributed by atoms with E-state index in [0.717, 1.165) is 11.0 Å². The summed E-state index contributed by atoms with van der Waals surface area (Å²) in [5.74, 6) is 0.434. The molecule has 1 aromatic heterocycles. The summed E-state index contributed by atoms with van der Waals surface area (Å²) in [6, 6.07) is 9.66. The molecule has 7 heteroatoms. The van der Waals surface area contributed by atoms with Gasteiger partial charge in [0.05, 0.1) is 16.8 Å². The molecule has 6 nitrogen and oxygen atoms in total. The molecule has 1 saturated heterocycles. The van der Waals surface area contributed by atoms with Crippen molar-refractivity contribution >= 4 is 24.1 Å². The summed E-state index contributed by atoms with van der Waals surface area (Å²) in [6.07, 6.45) is 1.85. The first-order chi connectivity index (χ1) is 12.7. The summed E-state index contributed by atoms with van der Waals surface area (Å²) in [5, 5.41) is 4.15. The van der Waals surface area contributed by atoms with Crippen LogP contribution >= 0.6 is 0 Å². The number of benzene rings is 1. The van der Waals surface area contributed by atoms with E-state index >= 15 is 0 Å². The van der Waals surface area contributed by atoms with Crippen molar-refractivity contribution in [3.63, 3.8) is 0 Å². The third-order valence-corrected chi connectivity index (χ3v) is 5.63. The van der Waals surface area contributed by atoms with Crippen molar-refractivity contribution in [2.75, 3.05) is 13.6 Å². The van der Waals surface area contributed by atoms with Gasteiger partial charge in [0.2, 0.25) is 0 Å². The molecule has 4 rings (SSSR count). The van der Waals surface area contributed by atoms with Crippen LogP contribution in [0.2, 0.25) is 0 Å². The van der Waals surface area contributed by atoms with E-state index in [9.17, 15) is 4.79 Å². The van der Waals surface area contributed by atoms with Gasteiger partial charge in [-0.3, -0.25) is 4.79 Å². The zero-order valence-electron chi connectivity index (χ0n) is 16.3. The van der Waals surface area contributed by atoms with Gasteiger partial charge in [0.1, 0.15) is 5.69 Å². The van der Waals surface area contributed by atoms with E-state index in [1.54, 1.807) is 18.0 Å². The third kappa shape index (κ3) is 3.01. The number of aromatic nitrogens is 1. The molecule has 0 saturated carbocycles. The van der Waals surface area contributed by atoms with Gasteiger partial charge in [0.15, 0.2) is 5.76 Å². The largest absolute Gasteiger partial charge is 0.494 e. The fourth-order valence-corrected chi connectivity index (χ4v) is 3.17. The van der Waals surface area contributed by atoms with Gasteiger partial charge < -0.3 is 18.7 Å². The van der Waals surface area contributed by atoms with Crippen LogP contribution in [0.4, 0.5) is 0 Å². The Balaban J connectivity index is 1.60. The lowest BCUT2D eigenvalue weighted by molar-refractivity contribution is -0.122. The Bertz CT molecular complexity index is 916. The number of likely N-dealkylation sites (N-methyl/N-ethyl adjacent to an activating group) is 1. The molecule has 27 heavy (non-hydrogen) atoms. The van der Waals surface area contributed by atoms with Gasteiger partial charge in [-0.15, -0.1) is 0 Å². The normalized spacial score (nSPS) is 21.1. The highest BCUT2D eigenvalue weighted by Crippen LogP contribution is 2.36. The average molecular weight is 366 g/mol. The maximum absolute atomic E-state index is 12.1. The highest BCUT2D eigenvalue weighted by molar-refractivity contribution is 6.62. The molecule has 1 amide bonds. The van der Waals surface area contributed by atoms with Gasteiger partial charge in [-0.1, -0.05) is 29.4 Å². The second-order valence-corrected chi connectivity index (χ2v) is 8.09. The van der Waals surface area contributed by atoms with E-state index in [1.165, 1.54) is 0 Å². The number of rotatable bonds is 3. The Morgan fingerprint density at radius 3 is 2.44 bits per heavy atom. The smallest absolute Gasteiger partial charge is 0.399 e. The molecular weight excluding hydrogens is 343 g/mol. The zero-order valence-corrected chi connectivity index (χ0v) is 16.3. The molecule has 2 aliphatic heterocycles. The third-order valence-electron chi connectivity index (χ3n) is 5.63. The topological polar surface area (TPSA) is 64.8 Å². The van der Waals surface area contributed by atoms with Crippen molar-refractivity contribution in [3.8, 4) is 11.3 Å². The Hall–Kier alpha value is -2.38. The van der Waals surface area contributed by atoms with Gasteiger partial charge in [0, 0.05) is 25.2 Å². The summed E-state index contributed by atoms with van der Waals surface area (Å²) in [5.41, 5.74) is 2.25. The van der Waals surface area contributed by atoms with Gasteiger partial charge in [-0.25, -0.2) is 0 Å². The summed E-state index contributed by atoms with van der Waals surface area (Å²) in [7, 11) is 1.33. The van der Waals surface area contributed by atoms with E-state index in [-0.39, 0.29) is 5.91 Å². The Kier molecular flexibility index (Phi) is 4.05. The highest BCUT2D eigenvalue weighted by Gasteiger charge is 2.51. The summed E-state index contributed by atoms with van der Waals surface area (Å²) < 4.78 is 17.7. The molecule has 2 aromatic rings. The zero-order chi connectivity index (χ0) is 19.4. The first kappa shape index (κ1) is 18.0. The van der Waals surface area contributed by atoms with Crippen LogP contribution in [0.3, 0.4) is 0 Å². The van der Waals surface area contributed by atoms with Crippen LogP contribution in [-0.2, 0) is 14.1 Å². The van der Waals surface area contributed by atoms with Crippen LogP contribution in [0.15, 0.2) is 40.9 Å². The minimum atomic E-state index is -0.436. The van der Waals surface area contributed by atoms with Crippen LogP contribution < -0.4 is 5.46 Å². The molecule has 1 aromatic carbocycles. The number of amides is 1. The molecule has 140 valence electrons. The second-order valence-electron chi connectivity index (χ2n) is 8.09. The predicted molar refractivity (Wildman–Crippen MR) is 103 cm³/mol. The quantitative estimate of drug-likeness (QED) is 0.781. The van der Waals surface area contributed by atoms with Crippen molar-refractivity contribution in [2.45, 2.75) is 38.9 Å². The fourth-order valence-electron chi connectivity index (χ4n) is 3.17. The summed E-state index contributed by atoms with van der Waals surface area (Å²) in [4.78, 5) is 13.8. The molecule has 2 aliphatic rings. The molecule has 0 radical (unpaired) electrons. The predicted octanol–water partition coefficient (Wildman–Crippen LogP) is 2.50. The summed E-state index contributed by atoms with van der Waals surface area (Å²) in [6.45, 7) is 8.71. The van der Waals surface area contributed by atoms with E-state index in [2.05, 4.69) is 5.16 Å². The average Bonchev–Trinajstić information content (AvgIpc) is 3.27. The Morgan fingerprint density at radius 2 is 1.81 bits per heavy atom. The van der Waals surface area contributed by atoms with Gasteiger partial charge >= 0.3 is 7.12 Å². The molecule has 0 unspecified atom stereocenters. The SMILES string of the molecule is CN1CC=C(c2cc(-c3cccc(B4OC(C)(C)C(C)(C)O4)c3)no2)C1=O. The van der Waals surface area contributed by atoms with Crippen LogP contribution in [0.5, 0.6) is 0 Å². The standard InChI is InChI=1S/C20H23BN2O4/c1-19(2)20(3,4)27-21(26-19)14-8-6-7-13(11-14)16-12-17(25-22-16)15-9-10-23(5)18(15)24/h6-9,11-12H,10H2,1-5H3. The monoisotopic (exact) mass is 366 g/mol. The van der Waals surface area contributed by atoms with Crippen LogP contribution in [0.1, 0.15) is 33.5 Å². The first-order valence-electron chi connectivity index (χ1n) is 9.07. The lowest BCUT2D eigenvalue weighted by Gasteiger charge is -2.32. The molecule has 0 atom stereocenters. The van der Waals surface area contributed by atoms with Crippen molar-refractivity contribution in [1.29, 1.82) is 0 Å². The van der Waals surface area contributed by atoms with E-state index < -0.39 is 18.3 Å². The number of nitrogens with zero attached hydrogens (tertiary/aromatic N) is 2. The van der Waals surface area contributed by atoms with E-state index in [1.807, 2.05) is 58.0 Å². The van der Waals surface area contributed by atoms with Crippen molar-refractivity contribution in [1.82, 2.24) is 10.1 Å². The minimum absolute atomic E-state index is 0.0522. The minimum Gasteiger partial charge on any atom is -0.399 e. The lowest BCUT2D eigenvalue weighted by Crippen LogP contribution is -2.41. The van der Waals surface area contributed by atoms with Gasteiger partial charge in [-0.2, -0.15) is 0 Å². The van der Waals surface area contributed by atoms with Gasteiger partial charge in [0.25, 0.3) is 5.91 Å². The molecule has 3 heterocycles. The maximum Gasteiger partial charge on any atom is 0.494 e. The van der Waals surface area contributed by atoms with Crippen LogP contribution in [0.25, 0.3) is 16.8 Å². The maximum atomic E-state index is 12.1. The summed E-state index contributed by atoms with van der Waals surface area (Å²) >= 11 is 0. The fraction of sp³-hybridized carbons (Fsp3) is 0.400. The highest BCUT2D eigenvalue weighted by atomic mass is 16.7. The number of carbonyl (C=O) groups is 1. The van der Waals surface area contributed by atoms with Gasteiger partial charge in [-0.05, 0) is 39.2 Å². The Labute approximate surface area is 159 Å².